The summed E-state index contributed by atoms with van der Waals surface area (Å²) in [5.41, 5.74) is 0.500. The Morgan fingerprint density at radius 1 is 1.38 bits per heavy atom. The predicted molar refractivity (Wildman–Crippen MR) is 95.4 cm³/mol. The third-order valence-electron chi connectivity index (χ3n) is 4.12. The summed E-state index contributed by atoms with van der Waals surface area (Å²) in [5.74, 6) is -0.624. The highest BCUT2D eigenvalue weighted by Gasteiger charge is 2.26. The van der Waals surface area contributed by atoms with E-state index < -0.39 is 5.82 Å². The van der Waals surface area contributed by atoms with Crippen LogP contribution in [0.5, 0.6) is 0 Å². The first-order valence-electron chi connectivity index (χ1n) is 7.69. The van der Waals surface area contributed by atoms with Crippen LogP contribution in [-0.4, -0.2) is 48.0 Å². The van der Waals surface area contributed by atoms with Gasteiger partial charge in [0, 0.05) is 43.4 Å². The van der Waals surface area contributed by atoms with Crippen molar-refractivity contribution in [2.45, 2.75) is 13.0 Å². The normalized spacial score (nSPS) is 16.9. The van der Waals surface area contributed by atoms with Crippen molar-refractivity contribution < 1.29 is 9.18 Å². The molecular weight excluding hydrogens is 351 g/mol. The van der Waals surface area contributed by atoms with E-state index >= 15 is 0 Å². The minimum Gasteiger partial charge on any atom is -0.346 e. The lowest BCUT2D eigenvalue weighted by atomic mass is 10.2. The molecule has 1 N–H and O–H groups in total. The van der Waals surface area contributed by atoms with Crippen molar-refractivity contribution in [3.8, 4) is 0 Å². The minimum absolute atomic E-state index is 0.00230. The number of thiazole rings is 1. The summed E-state index contributed by atoms with van der Waals surface area (Å²) >= 11 is 7.37. The Balaban J connectivity index is 1.55. The number of carbonyl (C=O) groups excluding carboxylic acids is 1. The number of benzene rings is 1. The second-order valence-electron chi connectivity index (χ2n) is 5.63. The number of nitrogens with zero attached hydrogens (tertiary/aromatic N) is 3. The van der Waals surface area contributed by atoms with Gasteiger partial charge in [0.1, 0.15) is 5.82 Å². The topological polar surface area (TPSA) is 48.5 Å². The van der Waals surface area contributed by atoms with Crippen molar-refractivity contribution >= 4 is 39.7 Å². The van der Waals surface area contributed by atoms with Crippen LogP contribution in [-0.2, 0) is 4.79 Å². The molecule has 8 heteroatoms. The highest BCUT2D eigenvalue weighted by atomic mass is 35.5. The molecule has 0 bridgehead atoms. The molecular formula is C16H18ClFN4OS. The Hall–Kier alpha value is -1.70. The van der Waals surface area contributed by atoms with E-state index in [0.29, 0.717) is 5.69 Å². The standard InChI is InChI=1S/C16H18ClFN4OS/c1-11(15(23)20-12-2-3-14(18)13(17)10-12)21-5-7-22(8-6-21)16-19-4-9-24-16/h2-4,9-11H,5-8H2,1H3,(H,20,23)/t11-/m0/s1. The van der Waals surface area contributed by atoms with E-state index in [1.54, 1.807) is 17.5 Å². The quantitative estimate of drug-likeness (QED) is 0.901. The van der Waals surface area contributed by atoms with E-state index in [-0.39, 0.29) is 17.0 Å². The lowest BCUT2D eigenvalue weighted by molar-refractivity contribution is -0.120. The van der Waals surface area contributed by atoms with E-state index in [1.165, 1.54) is 18.2 Å². The van der Waals surface area contributed by atoms with Crippen LogP contribution in [0, 0.1) is 5.82 Å². The number of hydrogen-bond acceptors (Lipinski definition) is 5. The molecule has 1 aromatic carbocycles. The van der Waals surface area contributed by atoms with Gasteiger partial charge < -0.3 is 10.2 Å². The molecule has 0 unspecified atom stereocenters. The maximum atomic E-state index is 13.2. The van der Waals surface area contributed by atoms with Gasteiger partial charge in [-0.2, -0.15) is 0 Å². The summed E-state index contributed by atoms with van der Waals surface area (Å²) < 4.78 is 13.2. The molecule has 1 fully saturated rings. The van der Waals surface area contributed by atoms with Crippen LogP contribution in [0.15, 0.2) is 29.8 Å². The molecule has 2 aromatic rings. The molecule has 0 saturated carbocycles. The van der Waals surface area contributed by atoms with Gasteiger partial charge in [-0.05, 0) is 25.1 Å². The van der Waals surface area contributed by atoms with Crippen molar-refractivity contribution in [1.29, 1.82) is 0 Å². The minimum atomic E-state index is -0.499. The van der Waals surface area contributed by atoms with Crippen LogP contribution in [0.2, 0.25) is 5.02 Å². The highest BCUT2D eigenvalue weighted by molar-refractivity contribution is 7.13. The Bertz CT molecular complexity index is 704. The van der Waals surface area contributed by atoms with Crippen LogP contribution >= 0.6 is 22.9 Å². The molecule has 1 amide bonds. The third-order valence-corrected chi connectivity index (χ3v) is 5.24. The van der Waals surface area contributed by atoms with Gasteiger partial charge in [0.05, 0.1) is 11.1 Å². The summed E-state index contributed by atoms with van der Waals surface area (Å²) in [4.78, 5) is 21.1. The smallest absolute Gasteiger partial charge is 0.241 e. The highest BCUT2D eigenvalue weighted by Crippen LogP contribution is 2.21. The maximum Gasteiger partial charge on any atom is 0.241 e. The van der Waals surface area contributed by atoms with Gasteiger partial charge in [-0.1, -0.05) is 11.6 Å². The largest absolute Gasteiger partial charge is 0.346 e. The zero-order valence-electron chi connectivity index (χ0n) is 13.2. The Morgan fingerprint density at radius 3 is 2.75 bits per heavy atom. The van der Waals surface area contributed by atoms with E-state index in [0.717, 1.165) is 31.3 Å². The fourth-order valence-electron chi connectivity index (χ4n) is 2.66. The molecule has 1 atom stereocenters. The summed E-state index contributed by atoms with van der Waals surface area (Å²) in [7, 11) is 0. The first kappa shape index (κ1) is 17.1. The molecule has 24 heavy (non-hydrogen) atoms. The number of halogens is 2. The number of carbonyl (C=O) groups is 1. The number of nitrogens with one attached hydrogen (secondary N) is 1. The zero-order chi connectivity index (χ0) is 17.1. The summed E-state index contributed by atoms with van der Waals surface area (Å²) in [5, 5.41) is 5.77. The average Bonchev–Trinajstić information content (AvgIpc) is 3.12. The molecule has 0 aliphatic carbocycles. The van der Waals surface area contributed by atoms with E-state index in [4.69, 9.17) is 11.6 Å². The number of anilines is 2. The number of piperazine rings is 1. The van der Waals surface area contributed by atoms with Gasteiger partial charge >= 0.3 is 0 Å². The molecule has 5 nitrogen and oxygen atoms in total. The van der Waals surface area contributed by atoms with Crippen LogP contribution in [0.1, 0.15) is 6.92 Å². The first-order valence-corrected chi connectivity index (χ1v) is 8.95. The number of amides is 1. The fraction of sp³-hybridized carbons (Fsp3) is 0.375. The molecule has 3 rings (SSSR count). The number of rotatable bonds is 4. The van der Waals surface area contributed by atoms with E-state index in [9.17, 15) is 9.18 Å². The first-order chi connectivity index (χ1) is 11.5. The molecule has 1 saturated heterocycles. The summed E-state index contributed by atoms with van der Waals surface area (Å²) in [6, 6.07) is 3.90. The summed E-state index contributed by atoms with van der Waals surface area (Å²) in [6.07, 6.45) is 1.80. The SMILES string of the molecule is C[C@@H](C(=O)Nc1ccc(F)c(Cl)c1)N1CCN(c2nccs2)CC1. The van der Waals surface area contributed by atoms with Crippen molar-refractivity contribution in [1.82, 2.24) is 9.88 Å². The number of aromatic nitrogens is 1. The van der Waals surface area contributed by atoms with E-state index in [1.807, 2.05) is 12.3 Å². The summed E-state index contributed by atoms with van der Waals surface area (Å²) in [6.45, 7) is 5.14. The monoisotopic (exact) mass is 368 g/mol. The zero-order valence-corrected chi connectivity index (χ0v) is 14.8. The van der Waals surface area contributed by atoms with Crippen molar-refractivity contribution in [3.05, 3.63) is 40.6 Å². The predicted octanol–water partition coefficient (Wildman–Crippen LogP) is 3.08. The van der Waals surface area contributed by atoms with Crippen molar-refractivity contribution in [2.75, 3.05) is 36.4 Å². The molecule has 1 aliphatic rings. The molecule has 2 heterocycles. The average molecular weight is 369 g/mol. The van der Waals surface area contributed by atoms with Gasteiger partial charge in [0.15, 0.2) is 5.13 Å². The third kappa shape index (κ3) is 3.85. The molecule has 1 aromatic heterocycles. The van der Waals surface area contributed by atoms with Gasteiger partial charge in [0.25, 0.3) is 0 Å². The van der Waals surface area contributed by atoms with Crippen LogP contribution in [0.25, 0.3) is 0 Å². The molecule has 0 spiro atoms. The van der Waals surface area contributed by atoms with Crippen molar-refractivity contribution in [3.63, 3.8) is 0 Å². The Labute approximate surface area is 149 Å². The van der Waals surface area contributed by atoms with Crippen molar-refractivity contribution in [2.24, 2.45) is 0 Å². The second-order valence-corrected chi connectivity index (χ2v) is 6.91. The van der Waals surface area contributed by atoms with Crippen LogP contribution < -0.4 is 10.2 Å². The van der Waals surface area contributed by atoms with Gasteiger partial charge in [0.2, 0.25) is 5.91 Å². The Kier molecular flexibility index (Phi) is 5.33. The van der Waals surface area contributed by atoms with Gasteiger partial charge in [-0.3, -0.25) is 9.69 Å². The number of hydrogen-bond donors (Lipinski definition) is 1. The Morgan fingerprint density at radius 2 is 2.12 bits per heavy atom. The van der Waals surface area contributed by atoms with E-state index in [2.05, 4.69) is 20.1 Å². The lowest BCUT2D eigenvalue weighted by Gasteiger charge is -2.37. The fourth-order valence-corrected chi connectivity index (χ4v) is 3.54. The second kappa shape index (κ2) is 7.46. The van der Waals surface area contributed by atoms with Gasteiger partial charge in [-0.25, -0.2) is 9.37 Å². The molecule has 0 radical (unpaired) electrons. The van der Waals surface area contributed by atoms with Gasteiger partial charge in [-0.15, -0.1) is 11.3 Å². The van der Waals surface area contributed by atoms with Crippen LogP contribution in [0.3, 0.4) is 0 Å². The molecule has 128 valence electrons. The lowest BCUT2D eigenvalue weighted by Crippen LogP contribution is -2.52. The van der Waals surface area contributed by atoms with Crippen LogP contribution in [0.4, 0.5) is 15.2 Å². The maximum absolute atomic E-state index is 13.2. The molecule has 1 aliphatic heterocycles.